The van der Waals surface area contributed by atoms with E-state index in [1.54, 1.807) is 18.2 Å². The van der Waals surface area contributed by atoms with Gasteiger partial charge in [-0.3, -0.25) is 4.79 Å². The van der Waals surface area contributed by atoms with Crippen LogP contribution in [0.5, 0.6) is 0 Å². The number of sulfonamides is 1. The Kier molecular flexibility index (Phi) is 5.03. The lowest BCUT2D eigenvalue weighted by molar-refractivity contribution is 0.102. The molecule has 0 bridgehead atoms. The Bertz CT molecular complexity index is 862. The minimum Gasteiger partial charge on any atom is -0.321 e. The number of anilines is 1. The number of carbonyl (C=O) groups is 1. The predicted octanol–water partition coefficient (Wildman–Crippen LogP) is 3.49. The molecule has 0 aromatic heterocycles. The smallest absolute Gasteiger partial charge is 0.255 e. The van der Waals surface area contributed by atoms with Crippen molar-refractivity contribution in [1.82, 2.24) is 4.31 Å². The van der Waals surface area contributed by atoms with Crippen LogP contribution in [-0.2, 0) is 10.0 Å². The molecule has 0 spiro atoms. The number of amides is 1. The number of nitrogens with one attached hydrogen (secondary N) is 1. The minimum absolute atomic E-state index is 0.157. The first-order valence-corrected chi connectivity index (χ1v) is 9.88. The van der Waals surface area contributed by atoms with E-state index in [1.807, 2.05) is 18.2 Å². The first kappa shape index (κ1) is 17.1. The summed E-state index contributed by atoms with van der Waals surface area (Å²) < 4.78 is 27.5. The lowest BCUT2D eigenvalue weighted by Gasteiger charge is -2.16. The van der Waals surface area contributed by atoms with Gasteiger partial charge in [0.15, 0.2) is 0 Å². The quantitative estimate of drug-likeness (QED) is 0.841. The fraction of sp³-hybridized carbons (Fsp3) is 0.235. The van der Waals surface area contributed by atoms with E-state index < -0.39 is 10.0 Å². The summed E-state index contributed by atoms with van der Waals surface area (Å²) in [4.78, 5) is 12.6. The van der Waals surface area contributed by atoms with Crippen LogP contribution >= 0.6 is 15.9 Å². The molecule has 1 N–H and O–H groups in total. The average Bonchev–Trinajstić information content (AvgIpc) is 3.12. The fourth-order valence-corrected chi connectivity index (χ4v) is 4.58. The first-order chi connectivity index (χ1) is 11.5. The van der Waals surface area contributed by atoms with Gasteiger partial charge in [0.25, 0.3) is 5.91 Å². The Labute approximate surface area is 149 Å². The highest BCUT2D eigenvalue weighted by Gasteiger charge is 2.27. The van der Waals surface area contributed by atoms with E-state index in [1.165, 1.54) is 16.4 Å². The lowest BCUT2D eigenvalue weighted by Crippen LogP contribution is -2.28. The third-order valence-corrected chi connectivity index (χ3v) is 6.51. The van der Waals surface area contributed by atoms with Gasteiger partial charge in [-0.2, -0.15) is 4.31 Å². The topological polar surface area (TPSA) is 66.5 Å². The summed E-state index contributed by atoms with van der Waals surface area (Å²) in [5.74, 6) is -0.347. The normalized spacial score (nSPS) is 15.4. The van der Waals surface area contributed by atoms with Gasteiger partial charge >= 0.3 is 0 Å². The van der Waals surface area contributed by atoms with E-state index in [9.17, 15) is 13.2 Å². The van der Waals surface area contributed by atoms with Gasteiger partial charge in [0.2, 0.25) is 10.0 Å². The van der Waals surface area contributed by atoms with Crippen molar-refractivity contribution in [1.29, 1.82) is 0 Å². The SMILES string of the molecule is O=C(Nc1ccccc1Br)c1cccc(S(=O)(=O)N2CCCC2)c1. The number of nitrogens with zero attached hydrogens (tertiary/aromatic N) is 1. The molecule has 5 nitrogen and oxygen atoms in total. The predicted molar refractivity (Wildman–Crippen MR) is 96.5 cm³/mol. The molecule has 126 valence electrons. The molecule has 7 heteroatoms. The largest absolute Gasteiger partial charge is 0.321 e. The van der Waals surface area contributed by atoms with Crippen LogP contribution < -0.4 is 5.32 Å². The molecule has 0 radical (unpaired) electrons. The van der Waals surface area contributed by atoms with Crippen molar-refractivity contribution in [3.05, 3.63) is 58.6 Å². The molecule has 1 saturated heterocycles. The highest BCUT2D eigenvalue weighted by atomic mass is 79.9. The van der Waals surface area contributed by atoms with Crippen LogP contribution in [0.1, 0.15) is 23.2 Å². The Balaban J connectivity index is 1.85. The summed E-state index contributed by atoms with van der Waals surface area (Å²) in [6.45, 7) is 1.07. The summed E-state index contributed by atoms with van der Waals surface area (Å²) >= 11 is 3.37. The Morgan fingerprint density at radius 2 is 1.75 bits per heavy atom. The number of para-hydroxylation sites is 1. The zero-order valence-electron chi connectivity index (χ0n) is 12.9. The summed E-state index contributed by atoms with van der Waals surface area (Å²) in [5.41, 5.74) is 0.946. The van der Waals surface area contributed by atoms with Crippen LogP contribution in [0.3, 0.4) is 0 Å². The average molecular weight is 409 g/mol. The van der Waals surface area contributed by atoms with E-state index in [2.05, 4.69) is 21.2 Å². The van der Waals surface area contributed by atoms with Gasteiger partial charge in [-0.05, 0) is 59.1 Å². The van der Waals surface area contributed by atoms with Crippen LogP contribution in [0.2, 0.25) is 0 Å². The second-order valence-electron chi connectivity index (χ2n) is 5.57. The molecule has 2 aromatic rings. The van der Waals surface area contributed by atoms with Crippen molar-refractivity contribution in [3.63, 3.8) is 0 Å². The van der Waals surface area contributed by atoms with Gasteiger partial charge in [-0.15, -0.1) is 0 Å². The fourth-order valence-electron chi connectivity index (χ4n) is 2.63. The van der Waals surface area contributed by atoms with Crippen LogP contribution in [-0.4, -0.2) is 31.7 Å². The van der Waals surface area contributed by atoms with E-state index in [4.69, 9.17) is 0 Å². The molecule has 1 aliphatic heterocycles. The van der Waals surface area contributed by atoms with Crippen molar-refractivity contribution in [2.75, 3.05) is 18.4 Å². The van der Waals surface area contributed by atoms with Gasteiger partial charge in [-0.1, -0.05) is 18.2 Å². The molecule has 1 aliphatic rings. The number of benzene rings is 2. The molecule has 0 unspecified atom stereocenters. The summed E-state index contributed by atoms with van der Waals surface area (Å²) in [7, 11) is -3.53. The van der Waals surface area contributed by atoms with Gasteiger partial charge in [-0.25, -0.2) is 8.42 Å². The van der Waals surface area contributed by atoms with Crippen molar-refractivity contribution < 1.29 is 13.2 Å². The number of carbonyl (C=O) groups excluding carboxylic acids is 1. The van der Waals surface area contributed by atoms with Gasteiger partial charge in [0.05, 0.1) is 10.6 Å². The summed E-state index contributed by atoms with van der Waals surface area (Å²) in [5, 5.41) is 2.78. The second-order valence-corrected chi connectivity index (χ2v) is 8.37. The van der Waals surface area contributed by atoms with Crippen molar-refractivity contribution in [2.24, 2.45) is 0 Å². The number of halogens is 1. The zero-order valence-corrected chi connectivity index (χ0v) is 15.3. The highest BCUT2D eigenvalue weighted by molar-refractivity contribution is 9.10. The van der Waals surface area contributed by atoms with Crippen LogP contribution in [0.25, 0.3) is 0 Å². The van der Waals surface area contributed by atoms with Crippen LogP contribution in [0.4, 0.5) is 5.69 Å². The molecule has 0 aliphatic carbocycles. The first-order valence-electron chi connectivity index (χ1n) is 7.64. The molecular formula is C17H17BrN2O3S. The minimum atomic E-state index is -3.53. The number of hydrogen-bond donors (Lipinski definition) is 1. The lowest BCUT2D eigenvalue weighted by atomic mass is 10.2. The zero-order chi connectivity index (χ0) is 17.2. The molecule has 3 rings (SSSR count). The number of rotatable bonds is 4. The maximum Gasteiger partial charge on any atom is 0.255 e. The molecular weight excluding hydrogens is 392 g/mol. The van der Waals surface area contributed by atoms with E-state index in [-0.39, 0.29) is 10.8 Å². The van der Waals surface area contributed by atoms with Crippen molar-refractivity contribution in [2.45, 2.75) is 17.7 Å². The summed E-state index contributed by atoms with van der Waals surface area (Å²) in [6.07, 6.45) is 1.75. The Morgan fingerprint density at radius 3 is 2.46 bits per heavy atom. The maximum atomic E-state index is 12.6. The third kappa shape index (κ3) is 3.53. The summed E-state index contributed by atoms with van der Waals surface area (Å²) in [6, 6.07) is 13.4. The molecule has 1 heterocycles. The second kappa shape index (κ2) is 7.04. The Morgan fingerprint density at radius 1 is 1.04 bits per heavy atom. The van der Waals surface area contributed by atoms with Crippen molar-refractivity contribution >= 4 is 37.5 Å². The third-order valence-electron chi connectivity index (χ3n) is 3.92. The van der Waals surface area contributed by atoms with Gasteiger partial charge in [0, 0.05) is 23.1 Å². The highest BCUT2D eigenvalue weighted by Crippen LogP contribution is 2.24. The number of hydrogen-bond acceptors (Lipinski definition) is 3. The molecule has 1 amide bonds. The van der Waals surface area contributed by atoms with Gasteiger partial charge in [0.1, 0.15) is 0 Å². The molecule has 0 saturated carbocycles. The molecule has 2 aromatic carbocycles. The maximum absolute atomic E-state index is 12.6. The van der Waals surface area contributed by atoms with E-state index >= 15 is 0 Å². The standard InChI is InChI=1S/C17H17BrN2O3S/c18-15-8-1-2-9-16(15)19-17(21)13-6-5-7-14(12-13)24(22,23)20-10-3-4-11-20/h1-2,5-9,12H,3-4,10-11H2,(H,19,21). The van der Waals surface area contributed by atoms with Crippen molar-refractivity contribution in [3.8, 4) is 0 Å². The molecule has 1 fully saturated rings. The van der Waals surface area contributed by atoms with Crippen LogP contribution in [0.15, 0.2) is 57.9 Å². The van der Waals surface area contributed by atoms with Gasteiger partial charge < -0.3 is 5.32 Å². The molecule has 24 heavy (non-hydrogen) atoms. The monoisotopic (exact) mass is 408 g/mol. The molecule has 0 atom stereocenters. The van der Waals surface area contributed by atoms with E-state index in [0.29, 0.717) is 24.3 Å². The van der Waals surface area contributed by atoms with Crippen LogP contribution in [0, 0.1) is 0 Å². The van der Waals surface area contributed by atoms with E-state index in [0.717, 1.165) is 17.3 Å². The Hall–Kier alpha value is -1.70.